The van der Waals surface area contributed by atoms with Crippen LogP contribution in [0.4, 0.5) is 0 Å². The highest BCUT2D eigenvalue weighted by atomic mass is 35.5. The first-order valence-corrected chi connectivity index (χ1v) is 6.73. The molecule has 1 aliphatic heterocycles. The normalized spacial score (nSPS) is 18.8. The zero-order valence-corrected chi connectivity index (χ0v) is 11.5. The number of para-hydroxylation sites is 1. The van der Waals surface area contributed by atoms with Gasteiger partial charge in [-0.2, -0.15) is 0 Å². The Morgan fingerprint density at radius 1 is 1.39 bits per heavy atom. The highest BCUT2D eigenvalue weighted by molar-refractivity contribution is 6.32. The number of hydrogen-bond donors (Lipinski definition) is 2. The van der Waals surface area contributed by atoms with Gasteiger partial charge in [0.05, 0.1) is 5.02 Å². The maximum atomic E-state index is 9.81. The molecule has 18 heavy (non-hydrogen) atoms. The summed E-state index contributed by atoms with van der Waals surface area (Å²) in [7, 11) is 0. The third kappa shape index (κ3) is 3.37. The van der Waals surface area contributed by atoms with Gasteiger partial charge in [-0.25, -0.2) is 0 Å². The molecule has 0 spiro atoms. The Kier molecular flexibility index (Phi) is 4.49. The lowest BCUT2D eigenvalue weighted by Gasteiger charge is -2.33. The molecule has 1 saturated heterocycles. The van der Waals surface area contributed by atoms with Crippen LogP contribution in [0.2, 0.25) is 5.02 Å². The van der Waals surface area contributed by atoms with E-state index in [1.165, 1.54) is 0 Å². The number of rotatable bonds is 4. The Hall–Kier alpha value is -0.770. The Balaban J connectivity index is 1.86. The predicted molar refractivity (Wildman–Crippen MR) is 73.0 cm³/mol. The van der Waals surface area contributed by atoms with E-state index in [9.17, 15) is 5.11 Å². The van der Waals surface area contributed by atoms with Crippen molar-refractivity contribution in [1.29, 1.82) is 0 Å². The van der Waals surface area contributed by atoms with E-state index in [2.05, 4.69) is 12.2 Å². The maximum absolute atomic E-state index is 9.81. The van der Waals surface area contributed by atoms with Gasteiger partial charge in [0, 0.05) is 31.9 Å². The number of phenolic OH excluding ortho intramolecular Hbond substituents is 1. The first-order valence-electron chi connectivity index (χ1n) is 6.36. The number of nitrogens with one attached hydrogen (secondary N) is 1. The van der Waals surface area contributed by atoms with Gasteiger partial charge >= 0.3 is 0 Å². The third-order valence-electron chi connectivity index (χ3n) is 3.64. The SMILES string of the molecule is CC1(CNCc2cccc(Cl)c2O)CCOCC1. The van der Waals surface area contributed by atoms with Crippen LogP contribution in [0.25, 0.3) is 0 Å². The van der Waals surface area contributed by atoms with Gasteiger partial charge in [-0.05, 0) is 24.3 Å². The molecular formula is C14H20ClNO2. The number of halogens is 1. The maximum Gasteiger partial charge on any atom is 0.138 e. The molecule has 1 aromatic rings. The van der Waals surface area contributed by atoms with E-state index in [1.54, 1.807) is 6.07 Å². The number of benzene rings is 1. The number of ether oxygens (including phenoxy) is 1. The predicted octanol–water partition coefficient (Wildman–Crippen LogP) is 2.95. The molecule has 0 unspecified atom stereocenters. The average molecular weight is 270 g/mol. The fraction of sp³-hybridized carbons (Fsp3) is 0.571. The summed E-state index contributed by atoms with van der Waals surface area (Å²) < 4.78 is 5.38. The summed E-state index contributed by atoms with van der Waals surface area (Å²) >= 11 is 5.87. The van der Waals surface area contributed by atoms with Crippen LogP contribution in [0.15, 0.2) is 18.2 Å². The molecule has 0 amide bonds. The van der Waals surface area contributed by atoms with Crippen LogP contribution in [-0.2, 0) is 11.3 Å². The van der Waals surface area contributed by atoms with Crippen molar-refractivity contribution in [1.82, 2.24) is 5.32 Å². The first-order chi connectivity index (χ1) is 8.61. The molecule has 1 aliphatic rings. The molecule has 1 heterocycles. The van der Waals surface area contributed by atoms with Gasteiger partial charge in [0.25, 0.3) is 0 Å². The van der Waals surface area contributed by atoms with E-state index in [0.717, 1.165) is 38.2 Å². The van der Waals surface area contributed by atoms with Gasteiger partial charge in [0.1, 0.15) is 5.75 Å². The minimum absolute atomic E-state index is 0.184. The Bertz CT molecular complexity index is 403. The second kappa shape index (κ2) is 5.91. The van der Waals surface area contributed by atoms with Crippen LogP contribution in [0.3, 0.4) is 0 Å². The zero-order chi connectivity index (χ0) is 13.0. The summed E-state index contributed by atoms with van der Waals surface area (Å²) in [5, 5.41) is 13.6. The third-order valence-corrected chi connectivity index (χ3v) is 3.94. The largest absolute Gasteiger partial charge is 0.506 e. The van der Waals surface area contributed by atoms with Crippen molar-refractivity contribution in [3.8, 4) is 5.75 Å². The van der Waals surface area contributed by atoms with Crippen molar-refractivity contribution in [2.75, 3.05) is 19.8 Å². The molecule has 2 N–H and O–H groups in total. The smallest absolute Gasteiger partial charge is 0.138 e. The second-order valence-corrected chi connectivity index (χ2v) is 5.68. The van der Waals surface area contributed by atoms with Gasteiger partial charge in [-0.1, -0.05) is 30.7 Å². The van der Waals surface area contributed by atoms with Crippen molar-refractivity contribution in [2.24, 2.45) is 5.41 Å². The van der Waals surface area contributed by atoms with Crippen LogP contribution in [0, 0.1) is 5.41 Å². The van der Waals surface area contributed by atoms with E-state index in [-0.39, 0.29) is 5.75 Å². The summed E-state index contributed by atoms with van der Waals surface area (Å²) in [5.74, 6) is 0.184. The van der Waals surface area contributed by atoms with Crippen LogP contribution in [-0.4, -0.2) is 24.9 Å². The minimum atomic E-state index is 0.184. The van der Waals surface area contributed by atoms with Gasteiger partial charge in [0.2, 0.25) is 0 Å². The first kappa shape index (κ1) is 13.7. The molecule has 1 aromatic carbocycles. The van der Waals surface area contributed by atoms with Crippen molar-refractivity contribution in [3.05, 3.63) is 28.8 Å². The van der Waals surface area contributed by atoms with Crippen LogP contribution >= 0.6 is 11.6 Å². The average Bonchev–Trinajstić information content (AvgIpc) is 2.35. The highest BCUT2D eigenvalue weighted by Crippen LogP contribution is 2.30. The molecule has 0 bridgehead atoms. The van der Waals surface area contributed by atoms with E-state index < -0.39 is 0 Å². The van der Waals surface area contributed by atoms with Gasteiger partial charge < -0.3 is 15.2 Å². The molecular weight excluding hydrogens is 250 g/mol. The summed E-state index contributed by atoms with van der Waals surface area (Å²) in [5.41, 5.74) is 1.14. The number of phenols is 1. The quantitative estimate of drug-likeness (QED) is 0.883. The summed E-state index contributed by atoms with van der Waals surface area (Å²) in [6, 6.07) is 5.44. The molecule has 0 aliphatic carbocycles. The molecule has 0 aromatic heterocycles. The Morgan fingerprint density at radius 2 is 2.11 bits per heavy atom. The monoisotopic (exact) mass is 269 g/mol. The van der Waals surface area contributed by atoms with Gasteiger partial charge in [0.15, 0.2) is 0 Å². The van der Waals surface area contributed by atoms with Crippen molar-refractivity contribution in [3.63, 3.8) is 0 Å². The molecule has 0 saturated carbocycles. The van der Waals surface area contributed by atoms with E-state index in [1.807, 2.05) is 12.1 Å². The molecule has 2 rings (SSSR count). The number of hydrogen-bond acceptors (Lipinski definition) is 3. The van der Waals surface area contributed by atoms with Crippen LogP contribution in [0.5, 0.6) is 5.75 Å². The summed E-state index contributed by atoms with van der Waals surface area (Å²) in [6.45, 7) is 5.55. The summed E-state index contributed by atoms with van der Waals surface area (Å²) in [4.78, 5) is 0. The molecule has 0 radical (unpaired) electrons. The van der Waals surface area contributed by atoms with E-state index >= 15 is 0 Å². The fourth-order valence-corrected chi connectivity index (χ4v) is 2.44. The molecule has 4 heteroatoms. The number of aromatic hydroxyl groups is 1. The molecule has 100 valence electrons. The van der Waals surface area contributed by atoms with Gasteiger partial charge in [-0.15, -0.1) is 0 Å². The summed E-state index contributed by atoms with van der Waals surface area (Å²) in [6.07, 6.45) is 2.17. The lowest BCUT2D eigenvalue weighted by atomic mass is 9.82. The van der Waals surface area contributed by atoms with E-state index in [0.29, 0.717) is 17.0 Å². The topological polar surface area (TPSA) is 41.5 Å². The van der Waals surface area contributed by atoms with Crippen molar-refractivity contribution < 1.29 is 9.84 Å². The van der Waals surface area contributed by atoms with Crippen LogP contribution < -0.4 is 5.32 Å². The highest BCUT2D eigenvalue weighted by Gasteiger charge is 2.26. The van der Waals surface area contributed by atoms with E-state index in [4.69, 9.17) is 16.3 Å². The van der Waals surface area contributed by atoms with Crippen molar-refractivity contribution in [2.45, 2.75) is 26.3 Å². The fourth-order valence-electron chi connectivity index (χ4n) is 2.24. The molecule has 3 nitrogen and oxygen atoms in total. The molecule has 0 atom stereocenters. The zero-order valence-electron chi connectivity index (χ0n) is 10.7. The minimum Gasteiger partial charge on any atom is -0.506 e. The van der Waals surface area contributed by atoms with Gasteiger partial charge in [-0.3, -0.25) is 0 Å². The lowest BCUT2D eigenvalue weighted by molar-refractivity contribution is 0.0240. The lowest BCUT2D eigenvalue weighted by Crippen LogP contribution is -2.36. The Morgan fingerprint density at radius 3 is 2.83 bits per heavy atom. The Labute approximate surface area is 113 Å². The van der Waals surface area contributed by atoms with Crippen LogP contribution in [0.1, 0.15) is 25.3 Å². The van der Waals surface area contributed by atoms with Crippen molar-refractivity contribution >= 4 is 11.6 Å². The standard InChI is InChI=1S/C14H20ClNO2/c1-14(5-7-18-8-6-14)10-16-9-11-3-2-4-12(15)13(11)17/h2-4,16-17H,5-10H2,1H3. The second-order valence-electron chi connectivity index (χ2n) is 5.27. The molecule has 1 fully saturated rings.